The molecule has 0 amide bonds. The van der Waals surface area contributed by atoms with Gasteiger partial charge >= 0.3 is 5.97 Å². The van der Waals surface area contributed by atoms with Crippen LogP contribution in [-0.2, 0) is 28.0 Å². The van der Waals surface area contributed by atoms with E-state index < -0.39 is 22.7 Å². The van der Waals surface area contributed by atoms with Crippen LogP contribution in [-0.4, -0.2) is 60.3 Å². The van der Waals surface area contributed by atoms with Crippen molar-refractivity contribution < 1.29 is 27.5 Å². The van der Waals surface area contributed by atoms with E-state index in [-0.39, 0.29) is 6.54 Å². The summed E-state index contributed by atoms with van der Waals surface area (Å²) in [5, 5.41) is 9.03. The molecule has 0 saturated carbocycles. The number of carbonyl (C=O) groups is 1. The molecule has 0 radical (unpaired) electrons. The van der Waals surface area contributed by atoms with Gasteiger partial charge < -0.3 is 14.3 Å². The van der Waals surface area contributed by atoms with Crippen LogP contribution in [0.15, 0.2) is 35.1 Å². The van der Waals surface area contributed by atoms with E-state index in [9.17, 15) is 13.2 Å². The maximum absolute atomic E-state index is 12.3. The summed E-state index contributed by atoms with van der Waals surface area (Å²) in [6, 6.07) is 6.89. The highest BCUT2D eigenvalue weighted by Crippen LogP contribution is 2.18. The number of aliphatic carboxylic acids is 1. The number of benzene rings is 1. The van der Waals surface area contributed by atoms with Crippen LogP contribution >= 0.6 is 0 Å². The van der Waals surface area contributed by atoms with Crippen LogP contribution in [0, 0.1) is 6.92 Å². The molecule has 0 fully saturated rings. The minimum absolute atomic E-state index is 0.0770. The lowest BCUT2D eigenvalue weighted by Gasteiger charge is -2.24. The van der Waals surface area contributed by atoms with Crippen LogP contribution in [0.25, 0.3) is 0 Å². The third-order valence-electron chi connectivity index (χ3n) is 3.81. The number of aryl methyl sites for hydroxylation is 1. The number of rotatable bonds is 10. The van der Waals surface area contributed by atoms with Gasteiger partial charge in [-0.3, -0.25) is 4.79 Å². The number of oxazole rings is 1. The van der Waals surface area contributed by atoms with Gasteiger partial charge in [0.05, 0.1) is 12.3 Å². The number of nitrogens with zero attached hydrogens (tertiary/aromatic N) is 3. The summed E-state index contributed by atoms with van der Waals surface area (Å²) in [4.78, 5) is 15.1. The standard InChI is InChI=1S/C17H23N3O6S/c1-13-16(18-12-26-13)7-8-25-15-6-4-5-14(9-15)10-20(11-17(21)22)27(23,24)19(2)3/h4-6,9,12H,7-8,10-11H2,1-3H3,(H,21,22). The first-order valence-electron chi connectivity index (χ1n) is 8.20. The van der Waals surface area contributed by atoms with E-state index in [4.69, 9.17) is 14.3 Å². The molecule has 2 rings (SSSR count). The fraction of sp³-hybridized carbons (Fsp3) is 0.412. The topological polar surface area (TPSA) is 113 Å². The van der Waals surface area contributed by atoms with Crippen molar-refractivity contribution in [3.05, 3.63) is 47.7 Å². The number of hydrogen-bond acceptors (Lipinski definition) is 6. The molecule has 0 aliphatic heterocycles. The molecule has 9 nitrogen and oxygen atoms in total. The Bertz CT molecular complexity index is 878. The van der Waals surface area contributed by atoms with Gasteiger partial charge in [-0.25, -0.2) is 4.98 Å². The molecule has 1 heterocycles. The predicted octanol–water partition coefficient (Wildman–Crippen LogP) is 1.30. The van der Waals surface area contributed by atoms with E-state index in [0.29, 0.717) is 24.3 Å². The Morgan fingerprint density at radius 1 is 1.33 bits per heavy atom. The molecular weight excluding hydrogens is 374 g/mol. The maximum atomic E-state index is 12.3. The average Bonchev–Trinajstić information content (AvgIpc) is 2.99. The summed E-state index contributed by atoms with van der Waals surface area (Å²) < 4.78 is 37.4. The molecule has 1 aromatic carbocycles. The van der Waals surface area contributed by atoms with Crippen molar-refractivity contribution in [2.75, 3.05) is 27.2 Å². The van der Waals surface area contributed by atoms with Crippen molar-refractivity contribution in [3.63, 3.8) is 0 Å². The first kappa shape index (κ1) is 20.9. The summed E-state index contributed by atoms with van der Waals surface area (Å²) in [6.45, 7) is 1.50. The quantitative estimate of drug-likeness (QED) is 0.643. The molecule has 10 heteroatoms. The molecular formula is C17H23N3O6S. The third kappa shape index (κ3) is 5.78. The highest BCUT2D eigenvalue weighted by Gasteiger charge is 2.26. The molecule has 0 spiro atoms. The molecule has 1 N–H and O–H groups in total. The van der Waals surface area contributed by atoms with E-state index >= 15 is 0 Å². The van der Waals surface area contributed by atoms with Crippen molar-refractivity contribution in [2.24, 2.45) is 0 Å². The molecule has 0 bridgehead atoms. The fourth-order valence-electron chi connectivity index (χ4n) is 2.37. The van der Waals surface area contributed by atoms with Gasteiger partial charge in [0.15, 0.2) is 6.39 Å². The first-order valence-corrected chi connectivity index (χ1v) is 9.60. The zero-order valence-electron chi connectivity index (χ0n) is 15.5. The van der Waals surface area contributed by atoms with Crippen LogP contribution < -0.4 is 4.74 Å². The molecule has 0 aliphatic carbocycles. The van der Waals surface area contributed by atoms with Crippen molar-refractivity contribution in [1.82, 2.24) is 13.6 Å². The monoisotopic (exact) mass is 397 g/mol. The Morgan fingerprint density at radius 2 is 2.07 bits per heavy atom. The largest absolute Gasteiger partial charge is 0.493 e. The Kier molecular flexibility index (Phi) is 6.94. The zero-order chi connectivity index (χ0) is 20.0. The number of hydrogen-bond donors (Lipinski definition) is 1. The summed E-state index contributed by atoms with van der Waals surface area (Å²) in [7, 11) is -1.16. The van der Waals surface area contributed by atoms with Crippen molar-refractivity contribution >= 4 is 16.2 Å². The molecule has 0 atom stereocenters. The maximum Gasteiger partial charge on any atom is 0.318 e. The highest BCUT2D eigenvalue weighted by atomic mass is 32.2. The lowest BCUT2D eigenvalue weighted by molar-refractivity contribution is -0.137. The lowest BCUT2D eigenvalue weighted by atomic mass is 10.2. The van der Waals surface area contributed by atoms with Crippen LogP contribution in [0.5, 0.6) is 5.75 Å². The van der Waals surface area contributed by atoms with Crippen LogP contribution in [0.3, 0.4) is 0 Å². The molecule has 0 saturated heterocycles. The number of carboxylic acids is 1. The molecule has 2 aromatic rings. The summed E-state index contributed by atoms with van der Waals surface area (Å²) >= 11 is 0. The average molecular weight is 397 g/mol. The molecule has 27 heavy (non-hydrogen) atoms. The second-order valence-corrected chi connectivity index (χ2v) is 8.20. The molecule has 0 aliphatic rings. The Morgan fingerprint density at radius 3 is 2.67 bits per heavy atom. The van der Waals surface area contributed by atoms with Gasteiger partial charge in [0.25, 0.3) is 10.2 Å². The fourth-order valence-corrected chi connectivity index (χ4v) is 3.42. The summed E-state index contributed by atoms with van der Waals surface area (Å²) in [5.41, 5.74) is 1.44. The summed E-state index contributed by atoms with van der Waals surface area (Å²) in [6.07, 6.45) is 1.96. The second-order valence-electron chi connectivity index (χ2n) is 6.05. The highest BCUT2D eigenvalue weighted by molar-refractivity contribution is 7.86. The van der Waals surface area contributed by atoms with Crippen molar-refractivity contribution in [2.45, 2.75) is 19.9 Å². The number of ether oxygens (including phenoxy) is 1. The molecule has 1 aromatic heterocycles. The van der Waals surface area contributed by atoms with E-state index in [1.54, 1.807) is 24.3 Å². The van der Waals surface area contributed by atoms with E-state index in [2.05, 4.69) is 4.98 Å². The smallest absolute Gasteiger partial charge is 0.318 e. The van der Waals surface area contributed by atoms with Gasteiger partial charge in [-0.05, 0) is 24.6 Å². The van der Waals surface area contributed by atoms with Crippen LogP contribution in [0.2, 0.25) is 0 Å². The number of carboxylic acid groups (broad SMARTS) is 1. The van der Waals surface area contributed by atoms with Gasteiger partial charge in [-0.2, -0.15) is 17.0 Å². The van der Waals surface area contributed by atoms with Crippen molar-refractivity contribution in [1.29, 1.82) is 0 Å². The third-order valence-corrected chi connectivity index (χ3v) is 5.64. The SMILES string of the molecule is Cc1ocnc1CCOc1cccc(CN(CC(=O)O)S(=O)(=O)N(C)C)c1. The van der Waals surface area contributed by atoms with Gasteiger partial charge in [-0.1, -0.05) is 12.1 Å². The van der Waals surface area contributed by atoms with Crippen molar-refractivity contribution in [3.8, 4) is 5.75 Å². The Balaban J connectivity index is 2.06. The summed E-state index contributed by atoms with van der Waals surface area (Å²) in [5.74, 6) is 0.0764. The number of aromatic nitrogens is 1. The normalized spacial score (nSPS) is 11.9. The second kappa shape index (κ2) is 8.98. The Labute approximate surface area is 158 Å². The van der Waals surface area contributed by atoms with E-state index in [0.717, 1.165) is 20.1 Å². The lowest BCUT2D eigenvalue weighted by Crippen LogP contribution is -2.42. The van der Waals surface area contributed by atoms with E-state index in [1.165, 1.54) is 20.5 Å². The van der Waals surface area contributed by atoms with Crippen LogP contribution in [0.4, 0.5) is 0 Å². The predicted molar refractivity (Wildman–Crippen MR) is 97.5 cm³/mol. The first-order chi connectivity index (χ1) is 12.7. The van der Waals surface area contributed by atoms with Gasteiger partial charge in [0, 0.05) is 27.1 Å². The van der Waals surface area contributed by atoms with Crippen LogP contribution in [0.1, 0.15) is 17.0 Å². The minimum atomic E-state index is -3.87. The van der Waals surface area contributed by atoms with Gasteiger partial charge in [0.1, 0.15) is 18.1 Å². The minimum Gasteiger partial charge on any atom is -0.493 e. The zero-order valence-corrected chi connectivity index (χ0v) is 16.3. The Hall–Kier alpha value is -2.43. The van der Waals surface area contributed by atoms with E-state index in [1.807, 2.05) is 6.92 Å². The van der Waals surface area contributed by atoms with Gasteiger partial charge in [-0.15, -0.1) is 0 Å². The van der Waals surface area contributed by atoms with Gasteiger partial charge in [0.2, 0.25) is 0 Å². The molecule has 0 unspecified atom stereocenters. The molecule has 148 valence electrons.